The van der Waals surface area contributed by atoms with E-state index < -0.39 is 99.9 Å². The van der Waals surface area contributed by atoms with E-state index in [0.717, 1.165) is 0 Å². The first kappa shape index (κ1) is 30.1. The number of aromatic hydroxyl groups is 1. The Kier molecular flexibility index (Phi) is 7.52. The summed E-state index contributed by atoms with van der Waals surface area (Å²) in [4.78, 5) is 54.8. The maximum Gasteiger partial charge on any atom is 0.255 e. The summed E-state index contributed by atoms with van der Waals surface area (Å²) in [6, 6.07) is 0.424. The van der Waals surface area contributed by atoms with Crippen LogP contribution < -0.4 is 11.1 Å². The molecule has 1 aromatic carbocycles. The number of primary amides is 1. The highest BCUT2D eigenvalue weighted by Crippen LogP contribution is 2.56. The van der Waals surface area contributed by atoms with Gasteiger partial charge in [0.25, 0.3) is 5.91 Å². The van der Waals surface area contributed by atoms with Crippen LogP contribution in [0.1, 0.15) is 24.0 Å². The monoisotopic (exact) mass is 574 g/mol. The average Bonchev–Trinajstić information content (AvgIpc) is 2.87. The van der Waals surface area contributed by atoms with Crippen molar-refractivity contribution in [3.63, 3.8) is 0 Å². The molecule has 0 aliphatic heterocycles. The van der Waals surface area contributed by atoms with Crippen LogP contribution in [0.2, 0.25) is 0 Å². The number of nitrogens with two attached hydrogens (primary N) is 1. The molecule has 222 valence electrons. The van der Waals surface area contributed by atoms with Gasteiger partial charge < -0.3 is 41.7 Å². The molecule has 0 aromatic heterocycles. The zero-order chi connectivity index (χ0) is 30.9. The first-order valence-electron chi connectivity index (χ1n) is 12.8. The van der Waals surface area contributed by atoms with Crippen LogP contribution in [0.4, 0.5) is 5.69 Å². The Labute approximate surface area is 235 Å². The lowest BCUT2D eigenvalue weighted by Crippen LogP contribution is -2.70. The number of anilines is 1. The summed E-state index contributed by atoms with van der Waals surface area (Å²) >= 11 is 0. The van der Waals surface area contributed by atoms with Crippen LogP contribution in [0.3, 0.4) is 0 Å². The fourth-order valence-corrected chi connectivity index (χ4v) is 6.41. The van der Waals surface area contributed by atoms with Crippen molar-refractivity contribution in [3.05, 3.63) is 40.2 Å². The molecule has 0 spiro atoms. The summed E-state index contributed by atoms with van der Waals surface area (Å²) in [5, 5.41) is 68.8. The van der Waals surface area contributed by atoms with Gasteiger partial charge in [0.15, 0.2) is 11.4 Å². The predicted octanol–water partition coefficient (Wildman–Crippen LogP) is -1.64. The van der Waals surface area contributed by atoms with Crippen molar-refractivity contribution in [3.8, 4) is 5.75 Å². The molecule has 2 amide bonds. The summed E-state index contributed by atoms with van der Waals surface area (Å²) in [6.07, 6.45) is -1.71. The number of phenols is 1. The number of amides is 2. The number of phenolic OH excluding ortho intramolecular Hbond substituents is 1. The number of Topliss-reactive ketones (excluding diaryl/α,β-unsaturated/α-hetero) is 2. The molecule has 1 aromatic rings. The number of rotatable bonds is 6. The zero-order valence-electron chi connectivity index (χ0n) is 23.1. The fraction of sp³-hybridized carbons (Fsp3) is 0.481. The van der Waals surface area contributed by atoms with Gasteiger partial charge in [-0.15, -0.1) is 0 Å². The quantitative estimate of drug-likeness (QED) is 0.141. The van der Waals surface area contributed by atoms with Gasteiger partial charge in [-0.05, 0) is 45.7 Å². The highest BCUT2D eigenvalue weighted by atomic mass is 16.4. The van der Waals surface area contributed by atoms with Gasteiger partial charge in [-0.25, -0.2) is 0 Å². The van der Waals surface area contributed by atoms with E-state index in [-0.39, 0.29) is 16.8 Å². The van der Waals surface area contributed by atoms with E-state index in [1.54, 1.807) is 21.0 Å². The number of nitrogens with zero attached hydrogens (tertiary/aromatic N) is 2. The fourth-order valence-electron chi connectivity index (χ4n) is 6.41. The largest absolute Gasteiger partial charge is 0.508 e. The second-order valence-corrected chi connectivity index (χ2v) is 11.1. The van der Waals surface area contributed by atoms with E-state index >= 15 is 0 Å². The standard InChI is InChI=1S/C27H34N4O10/c1-9-10-6-7-11(29-26(40)12(8-32)30(2)3)19(33)14(10)20(34)15-13(9)21(35)17-18(31(4)5)22(36)16(25(28)39)24(38)27(17,41)23(15)37/h6-7,9,12-13,17-18,21,32-35,38,41H,8H2,1-5H3,(H2,28,39)(H,29,40)/t9?,12?,13?,17?,18-,21?,27?/m0/s1. The summed E-state index contributed by atoms with van der Waals surface area (Å²) in [5.74, 6) is -10.8. The lowest BCUT2D eigenvalue weighted by atomic mass is 9.54. The summed E-state index contributed by atoms with van der Waals surface area (Å²) in [7, 11) is 5.98. The van der Waals surface area contributed by atoms with E-state index in [2.05, 4.69) is 5.32 Å². The Balaban J connectivity index is 1.93. The lowest BCUT2D eigenvalue weighted by molar-refractivity contribution is -0.169. The minimum atomic E-state index is -3.02. The molecule has 7 atom stereocenters. The van der Waals surface area contributed by atoms with Crippen LogP contribution in [0.25, 0.3) is 5.76 Å². The van der Waals surface area contributed by atoms with Gasteiger partial charge in [0.05, 0.1) is 35.9 Å². The molecular formula is C27H34N4O10. The van der Waals surface area contributed by atoms with Crippen LogP contribution in [0, 0.1) is 11.8 Å². The number of nitrogens with one attached hydrogen (secondary N) is 1. The molecule has 0 radical (unpaired) electrons. The smallest absolute Gasteiger partial charge is 0.255 e. The van der Waals surface area contributed by atoms with Crippen LogP contribution >= 0.6 is 0 Å². The van der Waals surface area contributed by atoms with Crippen molar-refractivity contribution in [1.82, 2.24) is 9.80 Å². The van der Waals surface area contributed by atoms with Gasteiger partial charge >= 0.3 is 0 Å². The zero-order valence-corrected chi connectivity index (χ0v) is 23.1. The number of carbonyl (C=O) groups is 4. The minimum absolute atomic E-state index is 0.151. The molecule has 4 rings (SSSR count). The highest BCUT2D eigenvalue weighted by Gasteiger charge is 2.68. The van der Waals surface area contributed by atoms with Gasteiger partial charge in [-0.3, -0.25) is 29.0 Å². The van der Waals surface area contributed by atoms with Crippen molar-refractivity contribution in [2.75, 3.05) is 40.1 Å². The summed E-state index contributed by atoms with van der Waals surface area (Å²) in [5.41, 5.74) is 0.623. The molecule has 14 heteroatoms. The molecule has 14 nitrogen and oxygen atoms in total. The SMILES string of the molecule is CC1c2ccc(NC(=O)C(CO)N(C)C)c(O)c2C(O)=C2C(=O)C3(O)C(O)=C(C(N)=O)C(=O)[C@@H](N(C)C)C3C(O)C21. The van der Waals surface area contributed by atoms with Gasteiger partial charge in [-0.2, -0.15) is 0 Å². The second kappa shape index (κ2) is 10.2. The minimum Gasteiger partial charge on any atom is -0.508 e. The van der Waals surface area contributed by atoms with Gasteiger partial charge in [-0.1, -0.05) is 13.0 Å². The average molecular weight is 575 g/mol. The van der Waals surface area contributed by atoms with Crippen molar-refractivity contribution < 1.29 is 49.8 Å². The molecule has 0 saturated heterocycles. The molecule has 3 aliphatic carbocycles. The summed E-state index contributed by atoms with van der Waals surface area (Å²) in [6.45, 7) is 1.08. The number of hydrogen-bond donors (Lipinski definition) is 8. The second-order valence-electron chi connectivity index (χ2n) is 11.1. The lowest BCUT2D eigenvalue weighted by Gasteiger charge is -2.53. The number of likely N-dealkylation sites (N-methyl/N-ethyl adjacent to an activating group) is 2. The van der Waals surface area contributed by atoms with Gasteiger partial charge in [0, 0.05) is 11.5 Å². The van der Waals surface area contributed by atoms with Crippen LogP contribution in [0.5, 0.6) is 5.75 Å². The van der Waals surface area contributed by atoms with Gasteiger partial charge in [0.2, 0.25) is 11.7 Å². The maximum atomic E-state index is 14.0. The van der Waals surface area contributed by atoms with E-state index in [1.165, 1.54) is 36.0 Å². The third-order valence-electron chi connectivity index (χ3n) is 8.49. The van der Waals surface area contributed by atoms with Crippen LogP contribution in [-0.4, -0.2) is 122 Å². The van der Waals surface area contributed by atoms with Crippen LogP contribution in [0.15, 0.2) is 29.0 Å². The van der Waals surface area contributed by atoms with E-state index in [4.69, 9.17) is 5.73 Å². The number of hydrogen-bond acceptors (Lipinski definition) is 12. The number of ketones is 2. The maximum absolute atomic E-state index is 14.0. The number of aliphatic hydroxyl groups is 5. The summed E-state index contributed by atoms with van der Waals surface area (Å²) < 4.78 is 0. The van der Waals surface area contributed by atoms with Crippen molar-refractivity contribution in [2.45, 2.75) is 36.6 Å². The molecule has 41 heavy (non-hydrogen) atoms. The first-order chi connectivity index (χ1) is 19.0. The van der Waals surface area contributed by atoms with Crippen molar-refractivity contribution >= 4 is 34.8 Å². The Morgan fingerprint density at radius 1 is 1.12 bits per heavy atom. The number of benzene rings is 1. The number of fused-ring (bicyclic) bond motifs is 3. The van der Waals surface area contributed by atoms with Crippen molar-refractivity contribution in [2.24, 2.45) is 17.6 Å². The van der Waals surface area contributed by atoms with E-state index in [1.807, 2.05) is 0 Å². The molecule has 0 heterocycles. The Hall–Kier alpha value is -3.82. The normalized spacial score (nSPS) is 30.2. The van der Waals surface area contributed by atoms with E-state index in [9.17, 15) is 49.8 Å². The first-order valence-corrected chi connectivity index (χ1v) is 12.8. The van der Waals surface area contributed by atoms with Gasteiger partial charge in [0.1, 0.15) is 28.9 Å². The predicted molar refractivity (Wildman–Crippen MR) is 144 cm³/mol. The topological polar surface area (TPSA) is 234 Å². The third-order valence-corrected chi connectivity index (χ3v) is 8.49. The molecule has 9 N–H and O–H groups in total. The highest BCUT2D eigenvalue weighted by molar-refractivity contribution is 6.24. The third kappa shape index (κ3) is 4.13. The molecule has 1 fully saturated rings. The molecule has 3 aliphatic rings. The van der Waals surface area contributed by atoms with Crippen LogP contribution in [-0.2, 0) is 19.2 Å². The molecule has 6 unspecified atom stereocenters. The number of carbonyl (C=O) groups excluding carboxylic acids is 4. The molecular weight excluding hydrogens is 540 g/mol. The molecule has 1 saturated carbocycles. The Bertz CT molecular complexity index is 1420. The van der Waals surface area contributed by atoms with E-state index in [0.29, 0.717) is 0 Å². The Morgan fingerprint density at radius 3 is 2.24 bits per heavy atom. The molecule has 0 bridgehead atoms. The Morgan fingerprint density at radius 2 is 1.73 bits per heavy atom. The number of aliphatic hydroxyl groups excluding tert-OH is 4. The van der Waals surface area contributed by atoms with Crippen molar-refractivity contribution in [1.29, 1.82) is 0 Å².